The van der Waals surface area contributed by atoms with Crippen molar-refractivity contribution in [2.75, 3.05) is 33.7 Å². The predicted molar refractivity (Wildman–Crippen MR) is 80.5 cm³/mol. The van der Waals surface area contributed by atoms with Crippen molar-refractivity contribution in [3.8, 4) is 0 Å². The van der Waals surface area contributed by atoms with E-state index in [1.54, 1.807) is 6.33 Å². The van der Waals surface area contributed by atoms with Crippen LogP contribution in [0.4, 0.5) is 0 Å². The number of nitrogens with zero attached hydrogens (tertiary/aromatic N) is 5. The normalized spacial score (nSPS) is 23.1. The first-order chi connectivity index (χ1) is 9.60. The molecular formula is C14H28N6. The molecule has 1 saturated heterocycles. The van der Waals surface area contributed by atoms with Gasteiger partial charge in [-0.2, -0.15) is 5.10 Å². The summed E-state index contributed by atoms with van der Waals surface area (Å²) in [5.74, 6) is 1.02. The SMILES string of the molecule is CCCn1ncnc1CC(N)CC1CN(C)CCN1C. The van der Waals surface area contributed by atoms with Crippen LogP contribution >= 0.6 is 0 Å². The third-order valence-corrected chi connectivity index (χ3v) is 4.13. The number of hydrogen-bond acceptors (Lipinski definition) is 5. The second-order valence-corrected chi connectivity index (χ2v) is 6.00. The van der Waals surface area contributed by atoms with Crippen molar-refractivity contribution in [1.29, 1.82) is 0 Å². The third kappa shape index (κ3) is 4.01. The lowest BCUT2D eigenvalue weighted by atomic mass is 10.0. The average Bonchev–Trinajstić information content (AvgIpc) is 2.82. The first-order valence-corrected chi connectivity index (χ1v) is 7.61. The Morgan fingerprint density at radius 2 is 2.20 bits per heavy atom. The highest BCUT2D eigenvalue weighted by molar-refractivity contribution is 4.91. The number of hydrogen-bond donors (Lipinski definition) is 1. The lowest BCUT2D eigenvalue weighted by Gasteiger charge is -2.38. The molecule has 6 nitrogen and oxygen atoms in total. The van der Waals surface area contributed by atoms with Crippen molar-refractivity contribution in [3.63, 3.8) is 0 Å². The van der Waals surface area contributed by atoms with Gasteiger partial charge in [-0.3, -0.25) is 4.68 Å². The number of piperazine rings is 1. The Bertz CT molecular complexity index is 404. The molecule has 0 aromatic carbocycles. The summed E-state index contributed by atoms with van der Waals surface area (Å²) in [5.41, 5.74) is 6.34. The van der Waals surface area contributed by atoms with Crippen LogP contribution in [0.2, 0.25) is 0 Å². The van der Waals surface area contributed by atoms with E-state index < -0.39 is 0 Å². The molecule has 1 aliphatic heterocycles. The first kappa shape index (κ1) is 15.4. The average molecular weight is 280 g/mol. The molecule has 0 radical (unpaired) electrons. The van der Waals surface area contributed by atoms with E-state index in [1.807, 2.05) is 4.68 Å². The lowest BCUT2D eigenvalue weighted by molar-refractivity contribution is 0.104. The van der Waals surface area contributed by atoms with Crippen molar-refractivity contribution in [3.05, 3.63) is 12.2 Å². The first-order valence-electron chi connectivity index (χ1n) is 7.61. The highest BCUT2D eigenvalue weighted by atomic mass is 15.3. The van der Waals surface area contributed by atoms with Gasteiger partial charge in [0.2, 0.25) is 0 Å². The quantitative estimate of drug-likeness (QED) is 0.806. The minimum absolute atomic E-state index is 0.147. The van der Waals surface area contributed by atoms with Crippen LogP contribution in [-0.2, 0) is 13.0 Å². The van der Waals surface area contributed by atoms with Gasteiger partial charge >= 0.3 is 0 Å². The summed E-state index contributed by atoms with van der Waals surface area (Å²) in [4.78, 5) is 9.16. The summed E-state index contributed by atoms with van der Waals surface area (Å²) in [6.45, 7) is 6.45. The molecule has 20 heavy (non-hydrogen) atoms. The summed E-state index contributed by atoms with van der Waals surface area (Å²) in [7, 11) is 4.38. The van der Waals surface area contributed by atoms with Crippen LogP contribution in [0.15, 0.2) is 6.33 Å². The molecular weight excluding hydrogens is 252 g/mol. The molecule has 2 atom stereocenters. The fraction of sp³-hybridized carbons (Fsp3) is 0.857. The molecule has 2 unspecified atom stereocenters. The minimum Gasteiger partial charge on any atom is -0.327 e. The van der Waals surface area contributed by atoms with Gasteiger partial charge in [0.05, 0.1) is 0 Å². The van der Waals surface area contributed by atoms with Gasteiger partial charge in [0.25, 0.3) is 0 Å². The molecule has 0 saturated carbocycles. The van der Waals surface area contributed by atoms with Crippen LogP contribution in [-0.4, -0.2) is 70.4 Å². The Hall–Kier alpha value is -0.980. The summed E-state index contributed by atoms with van der Waals surface area (Å²) >= 11 is 0. The number of aryl methyl sites for hydroxylation is 1. The topological polar surface area (TPSA) is 63.2 Å². The highest BCUT2D eigenvalue weighted by Crippen LogP contribution is 2.13. The molecule has 2 rings (SSSR count). The van der Waals surface area contributed by atoms with E-state index in [0.717, 1.165) is 51.3 Å². The number of likely N-dealkylation sites (N-methyl/N-ethyl adjacent to an activating group) is 2. The second kappa shape index (κ2) is 7.15. The van der Waals surface area contributed by atoms with E-state index >= 15 is 0 Å². The van der Waals surface area contributed by atoms with Crippen LogP contribution in [0, 0.1) is 0 Å². The molecule has 2 N–H and O–H groups in total. The maximum Gasteiger partial charge on any atom is 0.138 e. The molecule has 2 heterocycles. The van der Waals surface area contributed by atoms with E-state index in [0.29, 0.717) is 6.04 Å². The maximum atomic E-state index is 6.34. The predicted octanol–water partition coefficient (Wildman–Crippen LogP) is 0.194. The maximum absolute atomic E-state index is 6.34. The lowest BCUT2D eigenvalue weighted by Crippen LogP contribution is -2.52. The van der Waals surface area contributed by atoms with Crippen LogP contribution < -0.4 is 5.73 Å². The number of rotatable bonds is 6. The Balaban J connectivity index is 1.88. The third-order valence-electron chi connectivity index (χ3n) is 4.13. The molecule has 1 aliphatic rings. The van der Waals surface area contributed by atoms with Crippen molar-refractivity contribution in [1.82, 2.24) is 24.6 Å². The molecule has 0 bridgehead atoms. The molecule has 114 valence electrons. The molecule has 1 fully saturated rings. The monoisotopic (exact) mass is 280 g/mol. The highest BCUT2D eigenvalue weighted by Gasteiger charge is 2.24. The molecule has 1 aromatic rings. The van der Waals surface area contributed by atoms with Crippen LogP contribution in [0.1, 0.15) is 25.6 Å². The van der Waals surface area contributed by atoms with Crippen molar-refractivity contribution in [2.45, 2.75) is 44.8 Å². The van der Waals surface area contributed by atoms with E-state index in [-0.39, 0.29) is 6.04 Å². The Kier molecular flexibility index (Phi) is 5.51. The molecule has 6 heteroatoms. The van der Waals surface area contributed by atoms with Crippen LogP contribution in [0.3, 0.4) is 0 Å². The van der Waals surface area contributed by atoms with Gasteiger partial charge in [0.1, 0.15) is 12.2 Å². The van der Waals surface area contributed by atoms with Gasteiger partial charge in [-0.25, -0.2) is 4.98 Å². The fourth-order valence-corrected chi connectivity index (χ4v) is 2.87. The van der Waals surface area contributed by atoms with Crippen molar-refractivity contribution < 1.29 is 0 Å². The van der Waals surface area contributed by atoms with Gasteiger partial charge in [-0.15, -0.1) is 0 Å². The van der Waals surface area contributed by atoms with Crippen molar-refractivity contribution >= 4 is 0 Å². The summed E-state index contributed by atoms with van der Waals surface area (Å²) in [6, 6.07) is 0.694. The summed E-state index contributed by atoms with van der Waals surface area (Å²) in [5, 5.41) is 4.26. The Labute approximate surface area is 121 Å². The van der Waals surface area contributed by atoms with E-state index in [2.05, 4.69) is 40.9 Å². The van der Waals surface area contributed by atoms with E-state index in [1.165, 1.54) is 0 Å². The van der Waals surface area contributed by atoms with Crippen LogP contribution in [0.25, 0.3) is 0 Å². The van der Waals surface area contributed by atoms with Crippen molar-refractivity contribution in [2.24, 2.45) is 5.73 Å². The molecule has 0 aliphatic carbocycles. The van der Waals surface area contributed by atoms with Gasteiger partial charge < -0.3 is 15.5 Å². The van der Waals surface area contributed by atoms with Crippen LogP contribution in [0.5, 0.6) is 0 Å². The van der Waals surface area contributed by atoms with E-state index in [9.17, 15) is 0 Å². The Morgan fingerprint density at radius 1 is 1.40 bits per heavy atom. The standard InChI is InChI=1S/C14H28N6/c1-4-5-20-14(16-11-17-20)9-12(15)8-13-10-18(2)6-7-19(13)3/h11-13H,4-10,15H2,1-3H3. The zero-order valence-electron chi connectivity index (χ0n) is 13.0. The second-order valence-electron chi connectivity index (χ2n) is 6.00. The zero-order chi connectivity index (χ0) is 14.5. The number of aromatic nitrogens is 3. The molecule has 0 spiro atoms. The van der Waals surface area contributed by atoms with E-state index in [4.69, 9.17) is 5.73 Å². The minimum atomic E-state index is 0.147. The number of nitrogens with two attached hydrogens (primary N) is 1. The summed E-state index contributed by atoms with van der Waals surface area (Å²) in [6.07, 6.45) is 4.54. The van der Waals surface area contributed by atoms with Gasteiger partial charge in [0.15, 0.2) is 0 Å². The fourth-order valence-electron chi connectivity index (χ4n) is 2.87. The largest absolute Gasteiger partial charge is 0.327 e. The Morgan fingerprint density at radius 3 is 2.95 bits per heavy atom. The summed E-state index contributed by atoms with van der Waals surface area (Å²) < 4.78 is 1.98. The van der Waals surface area contributed by atoms with Gasteiger partial charge in [0, 0.05) is 44.7 Å². The van der Waals surface area contributed by atoms with Gasteiger partial charge in [-0.1, -0.05) is 6.92 Å². The molecule has 1 aromatic heterocycles. The zero-order valence-corrected chi connectivity index (χ0v) is 13.0. The smallest absolute Gasteiger partial charge is 0.138 e. The van der Waals surface area contributed by atoms with Gasteiger partial charge in [-0.05, 0) is 26.9 Å². The molecule has 0 amide bonds.